The molecule has 2 amide bonds. The van der Waals surface area contributed by atoms with Crippen molar-refractivity contribution < 1.29 is 29.4 Å². The van der Waals surface area contributed by atoms with Gasteiger partial charge in [0.2, 0.25) is 0 Å². The topological polar surface area (TPSA) is 133 Å². The third-order valence-electron chi connectivity index (χ3n) is 3.52. The summed E-state index contributed by atoms with van der Waals surface area (Å²) in [6.07, 6.45) is 0. The quantitative estimate of drug-likeness (QED) is 0.568. The van der Waals surface area contributed by atoms with Crippen molar-refractivity contribution in [2.45, 2.75) is 12.1 Å². The Morgan fingerprint density at radius 1 is 0.615 bits per heavy atom. The van der Waals surface area contributed by atoms with Gasteiger partial charge >= 0.3 is 23.8 Å². The fourth-order valence-electron chi connectivity index (χ4n) is 2.26. The zero-order chi connectivity index (χ0) is 19.1. The van der Waals surface area contributed by atoms with Crippen LogP contribution in [0.15, 0.2) is 60.7 Å². The van der Waals surface area contributed by atoms with Crippen LogP contribution in [0.2, 0.25) is 0 Å². The molecular formula is C18H16N2O6. The lowest BCUT2D eigenvalue weighted by atomic mass is 10.1. The highest BCUT2D eigenvalue weighted by molar-refractivity contribution is 6.35. The molecule has 2 aromatic rings. The Balaban J connectivity index is 2.11. The number of carboxylic acid groups (broad SMARTS) is 2. The van der Waals surface area contributed by atoms with E-state index >= 15 is 0 Å². The predicted octanol–water partition coefficient (Wildman–Crippen LogP) is 0.871. The van der Waals surface area contributed by atoms with Gasteiger partial charge in [-0.1, -0.05) is 60.7 Å². The zero-order valence-corrected chi connectivity index (χ0v) is 13.5. The van der Waals surface area contributed by atoms with Gasteiger partial charge in [0.25, 0.3) is 0 Å². The van der Waals surface area contributed by atoms with Crippen LogP contribution in [0.3, 0.4) is 0 Å². The summed E-state index contributed by atoms with van der Waals surface area (Å²) in [4.78, 5) is 46.8. The first-order valence-corrected chi connectivity index (χ1v) is 7.57. The second kappa shape index (κ2) is 8.43. The number of nitrogens with one attached hydrogen (secondary N) is 2. The van der Waals surface area contributed by atoms with Crippen molar-refractivity contribution in [1.82, 2.24) is 10.6 Å². The number of rotatable bonds is 6. The van der Waals surface area contributed by atoms with Gasteiger partial charge in [0.1, 0.15) is 0 Å². The van der Waals surface area contributed by atoms with Crippen molar-refractivity contribution in [3.8, 4) is 0 Å². The molecule has 0 radical (unpaired) electrons. The van der Waals surface area contributed by atoms with Gasteiger partial charge in [-0.15, -0.1) is 0 Å². The molecule has 2 atom stereocenters. The zero-order valence-electron chi connectivity index (χ0n) is 13.5. The SMILES string of the molecule is O=C(N[C@H](C(=O)O)c1ccccc1)C(=O)N[C@H](C(=O)O)c1ccccc1. The molecule has 0 saturated carbocycles. The van der Waals surface area contributed by atoms with Crippen LogP contribution in [0.4, 0.5) is 0 Å². The summed E-state index contributed by atoms with van der Waals surface area (Å²) in [5.41, 5.74) is 0.554. The van der Waals surface area contributed by atoms with Crippen LogP contribution in [0.1, 0.15) is 23.2 Å². The predicted molar refractivity (Wildman–Crippen MR) is 89.9 cm³/mol. The molecular weight excluding hydrogens is 340 g/mol. The number of carbonyl (C=O) groups excluding carboxylic acids is 2. The van der Waals surface area contributed by atoms with E-state index in [-0.39, 0.29) is 11.1 Å². The number of aliphatic carboxylic acids is 2. The summed E-state index contributed by atoms with van der Waals surface area (Å²) in [5.74, 6) is -5.20. The van der Waals surface area contributed by atoms with Crippen LogP contribution in [-0.2, 0) is 19.2 Å². The highest BCUT2D eigenvalue weighted by Gasteiger charge is 2.29. The first kappa shape index (κ1) is 18.7. The van der Waals surface area contributed by atoms with E-state index in [1.54, 1.807) is 36.4 Å². The van der Waals surface area contributed by atoms with Crippen LogP contribution >= 0.6 is 0 Å². The standard InChI is InChI=1S/C18H16N2O6/c21-15(19-13(17(23)24)11-7-3-1-4-8-11)16(22)20-14(18(25)26)12-9-5-2-6-10-12/h1-10,13-14H,(H,19,21)(H,20,22)(H,23,24)(H,25,26)/t13-,14-/m0/s1. The molecule has 0 fully saturated rings. The number of carboxylic acids is 2. The number of hydrogen-bond acceptors (Lipinski definition) is 4. The summed E-state index contributed by atoms with van der Waals surface area (Å²) < 4.78 is 0. The maximum absolute atomic E-state index is 12.0. The molecule has 8 nitrogen and oxygen atoms in total. The first-order valence-electron chi connectivity index (χ1n) is 7.57. The van der Waals surface area contributed by atoms with Gasteiger partial charge < -0.3 is 20.8 Å². The normalized spacial score (nSPS) is 12.5. The van der Waals surface area contributed by atoms with Gasteiger partial charge in [0.15, 0.2) is 12.1 Å². The van der Waals surface area contributed by atoms with Crippen LogP contribution in [0.25, 0.3) is 0 Å². The highest BCUT2D eigenvalue weighted by atomic mass is 16.4. The second-order valence-electron chi connectivity index (χ2n) is 5.31. The number of amides is 2. The van der Waals surface area contributed by atoms with E-state index in [0.29, 0.717) is 0 Å². The Hall–Kier alpha value is -3.68. The van der Waals surface area contributed by atoms with E-state index in [9.17, 15) is 29.4 Å². The fraction of sp³-hybridized carbons (Fsp3) is 0.111. The van der Waals surface area contributed by atoms with Crippen molar-refractivity contribution in [3.05, 3.63) is 71.8 Å². The van der Waals surface area contributed by atoms with E-state index in [2.05, 4.69) is 10.6 Å². The molecule has 2 aromatic carbocycles. The monoisotopic (exact) mass is 356 g/mol. The van der Waals surface area contributed by atoms with Crippen molar-refractivity contribution in [3.63, 3.8) is 0 Å². The summed E-state index contributed by atoms with van der Waals surface area (Å²) >= 11 is 0. The summed E-state index contributed by atoms with van der Waals surface area (Å²) in [7, 11) is 0. The van der Waals surface area contributed by atoms with Crippen LogP contribution in [-0.4, -0.2) is 34.0 Å². The second-order valence-corrected chi connectivity index (χ2v) is 5.31. The molecule has 0 aromatic heterocycles. The van der Waals surface area contributed by atoms with Crippen molar-refractivity contribution >= 4 is 23.8 Å². The van der Waals surface area contributed by atoms with Gasteiger partial charge in [-0.3, -0.25) is 9.59 Å². The Morgan fingerprint density at radius 2 is 0.923 bits per heavy atom. The largest absolute Gasteiger partial charge is 0.479 e. The Morgan fingerprint density at radius 3 is 1.19 bits per heavy atom. The number of carbonyl (C=O) groups is 4. The van der Waals surface area contributed by atoms with E-state index in [1.807, 2.05) is 0 Å². The van der Waals surface area contributed by atoms with Crippen LogP contribution < -0.4 is 10.6 Å². The number of hydrogen-bond donors (Lipinski definition) is 4. The summed E-state index contributed by atoms with van der Waals surface area (Å²) in [6, 6.07) is 12.8. The fourth-order valence-corrected chi connectivity index (χ4v) is 2.26. The third-order valence-corrected chi connectivity index (χ3v) is 3.52. The Bertz CT molecular complexity index is 737. The lowest BCUT2D eigenvalue weighted by Gasteiger charge is -2.17. The Labute approximate surface area is 148 Å². The van der Waals surface area contributed by atoms with Gasteiger partial charge in [0.05, 0.1) is 0 Å². The molecule has 0 bridgehead atoms. The van der Waals surface area contributed by atoms with Gasteiger partial charge in [-0.05, 0) is 11.1 Å². The molecule has 0 aliphatic rings. The van der Waals surface area contributed by atoms with Gasteiger partial charge in [-0.25, -0.2) is 9.59 Å². The lowest BCUT2D eigenvalue weighted by molar-refractivity contribution is -0.147. The van der Waals surface area contributed by atoms with Crippen LogP contribution in [0, 0.1) is 0 Å². The number of benzene rings is 2. The van der Waals surface area contributed by atoms with Gasteiger partial charge in [0, 0.05) is 0 Å². The molecule has 2 rings (SSSR count). The lowest BCUT2D eigenvalue weighted by Crippen LogP contribution is -2.46. The molecule has 0 heterocycles. The smallest absolute Gasteiger partial charge is 0.330 e. The van der Waals surface area contributed by atoms with E-state index in [0.717, 1.165) is 0 Å². The minimum absolute atomic E-state index is 0.277. The van der Waals surface area contributed by atoms with Crippen LogP contribution in [0.5, 0.6) is 0 Å². The molecule has 4 N–H and O–H groups in total. The average Bonchev–Trinajstić information content (AvgIpc) is 2.64. The first-order chi connectivity index (χ1) is 12.4. The maximum atomic E-state index is 12.0. The molecule has 0 aliphatic heterocycles. The van der Waals surface area contributed by atoms with E-state index < -0.39 is 35.8 Å². The van der Waals surface area contributed by atoms with Gasteiger partial charge in [-0.2, -0.15) is 0 Å². The highest BCUT2D eigenvalue weighted by Crippen LogP contribution is 2.14. The molecule has 0 saturated heterocycles. The minimum atomic E-state index is -1.44. The third kappa shape index (κ3) is 4.67. The molecule has 8 heteroatoms. The Kier molecular flexibility index (Phi) is 6.05. The molecule has 0 spiro atoms. The average molecular weight is 356 g/mol. The molecule has 0 unspecified atom stereocenters. The summed E-state index contributed by atoms with van der Waals surface area (Å²) in [6.45, 7) is 0. The van der Waals surface area contributed by atoms with Crippen molar-refractivity contribution in [2.24, 2.45) is 0 Å². The van der Waals surface area contributed by atoms with Crippen molar-refractivity contribution in [2.75, 3.05) is 0 Å². The van der Waals surface area contributed by atoms with E-state index in [1.165, 1.54) is 24.3 Å². The maximum Gasteiger partial charge on any atom is 0.330 e. The minimum Gasteiger partial charge on any atom is -0.479 e. The molecule has 26 heavy (non-hydrogen) atoms. The summed E-state index contributed by atoms with van der Waals surface area (Å²) in [5, 5.41) is 22.7. The van der Waals surface area contributed by atoms with E-state index in [4.69, 9.17) is 0 Å². The van der Waals surface area contributed by atoms with Crippen molar-refractivity contribution in [1.29, 1.82) is 0 Å². The molecule has 134 valence electrons. The molecule has 0 aliphatic carbocycles.